The molecule has 0 saturated carbocycles. The van der Waals surface area contributed by atoms with Gasteiger partial charge in [0, 0.05) is 12.6 Å². The van der Waals surface area contributed by atoms with Crippen molar-refractivity contribution in [2.45, 2.75) is 20.4 Å². The van der Waals surface area contributed by atoms with Crippen molar-refractivity contribution in [3.8, 4) is 5.75 Å². The van der Waals surface area contributed by atoms with Crippen LogP contribution < -0.4 is 4.74 Å². The molecule has 0 unspecified atom stereocenters. The molecular formula is C13H16N2OS. The molecule has 2 rings (SSSR count). The van der Waals surface area contributed by atoms with Gasteiger partial charge in [0.2, 0.25) is 0 Å². The number of nitrogens with one attached hydrogen (secondary N) is 1. The van der Waals surface area contributed by atoms with Crippen LogP contribution in [0.15, 0.2) is 29.8 Å². The lowest BCUT2D eigenvalue weighted by Gasteiger charge is -2.03. The average Bonchev–Trinajstić information content (AvgIpc) is 2.61. The Morgan fingerprint density at radius 1 is 1.47 bits per heavy atom. The van der Waals surface area contributed by atoms with Gasteiger partial charge in [-0.3, -0.25) is 0 Å². The minimum atomic E-state index is 0.741. The number of ether oxygens (including phenoxy) is 1. The summed E-state index contributed by atoms with van der Waals surface area (Å²) >= 11 is 5.32. The van der Waals surface area contributed by atoms with Crippen LogP contribution in [0.1, 0.15) is 13.8 Å². The van der Waals surface area contributed by atoms with Gasteiger partial charge in [-0.05, 0) is 38.2 Å². The van der Waals surface area contributed by atoms with Crippen molar-refractivity contribution in [2.75, 3.05) is 7.11 Å². The molecule has 0 amide bonds. The average molecular weight is 248 g/mol. The van der Waals surface area contributed by atoms with Crippen LogP contribution in [0.3, 0.4) is 0 Å². The van der Waals surface area contributed by atoms with Gasteiger partial charge in [0.1, 0.15) is 5.75 Å². The Hall–Kier alpha value is -1.55. The first-order valence-corrected chi connectivity index (χ1v) is 5.92. The summed E-state index contributed by atoms with van der Waals surface area (Å²) in [6.45, 7) is 4.95. The van der Waals surface area contributed by atoms with Gasteiger partial charge in [0.15, 0.2) is 4.77 Å². The van der Waals surface area contributed by atoms with E-state index in [0.29, 0.717) is 0 Å². The van der Waals surface area contributed by atoms with Crippen LogP contribution in [0.25, 0.3) is 11.0 Å². The molecule has 0 radical (unpaired) electrons. The van der Waals surface area contributed by atoms with E-state index in [0.717, 1.165) is 28.1 Å². The van der Waals surface area contributed by atoms with Crippen molar-refractivity contribution < 1.29 is 4.74 Å². The van der Waals surface area contributed by atoms with Crippen LogP contribution in [-0.2, 0) is 6.54 Å². The van der Waals surface area contributed by atoms with Gasteiger partial charge in [-0.1, -0.05) is 11.6 Å². The Kier molecular flexibility index (Phi) is 3.33. The molecule has 1 aromatic carbocycles. The first-order valence-electron chi connectivity index (χ1n) is 5.51. The summed E-state index contributed by atoms with van der Waals surface area (Å²) in [5.41, 5.74) is 3.40. The molecule has 0 atom stereocenters. The molecule has 1 N–H and O–H groups in total. The number of methoxy groups -OCH3 is 1. The summed E-state index contributed by atoms with van der Waals surface area (Å²) in [5, 5.41) is 0. The number of aromatic nitrogens is 2. The number of nitrogens with zero attached hydrogens (tertiary/aromatic N) is 1. The van der Waals surface area contributed by atoms with Gasteiger partial charge >= 0.3 is 0 Å². The number of rotatable bonds is 3. The molecule has 17 heavy (non-hydrogen) atoms. The van der Waals surface area contributed by atoms with Crippen LogP contribution in [-0.4, -0.2) is 16.7 Å². The molecule has 4 heteroatoms. The minimum Gasteiger partial charge on any atom is -0.497 e. The number of imidazole rings is 1. The SMILES string of the molecule is COc1ccc2[nH]c(=S)n(CC=C(C)C)c2c1. The molecule has 0 aliphatic rings. The molecule has 3 nitrogen and oxygen atoms in total. The molecule has 0 aliphatic heterocycles. The predicted octanol–water partition coefficient (Wildman–Crippen LogP) is 3.67. The number of hydrogen-bond donors (Lipinski definition) is 1. The molecule has 1 aromatic heterocycles. The smallest absolute Gasteiger partial charge is 0.178 e. The van der Waals surface area contributed by atoms with Crippen molar-refractivity contribution >= 4 is 23.3 Å². The number of allylic oxidation sites excluding steroid dienone is 2. The van der Waals surface area contributed by atoms with Crippen LogP contribution in [0.4, 0.5) is 0 Å². The lowest BCUT2D eigenvalue weighted by Crippen LogP contribution is -1.95. The van der Waals surface area contributed by atoms with E-state index in [1.165, 1.54) is 5.57 Å². The standard InChI is InChI=1S/C13H16N2OS/c1-9(2)6-7-15-12-8-10(16-3)4-5-11(12)14-13(15)17/h4-6,8H,7H2,1-3H3,(H,14,17). The molecule has 0 spiro atoms. The van der Waals surface area contributed by atoms with E-state index in [2.05, 4.69) is 29.5 Å². The zero-order valence-corrected chi connectivity index (χ0v) is 11.1. The van der Waals surface area contributed by atoms with Gasteiger partial charge in [0.25, 0.3) is 0 Å². The van der Waals surface area contributed by atoms with Crippen molar-refractivity contribution in [1.82, 2.24) is 9.55 Å². The Bertz CT molecular complexity index is 618. The number of fused-ring (bicyclic) bond motifs is 1. The molecule has 0 bridgehead atoms. The van der Waals surface area contributed by atoms with Gasteiger partial charge in [0.05, 0.1) is 18.1 Å². The van der Waals surface area contributed by atoms with E-state index in [4.69, 9.17) is 17.0 Å². The third-order valence-corrected chi connectivity index (χ3v) is 2.99. The fraction of sp³-hybridized carbons (Fsp3) is 0.308. The van der Waals surface area contributed by atoms with E-state index in [-0.39, 0.29) is 0 Å². The lowest BCUT2D eigenvalue weighted by molar-refractivity contribution is 0.415. The van der Waals surface area contributed by atoms with Crippen molar-refractivity contribution in [3.63, 3.8) is 0 Å². The van der Waals surface area contributed by atoms with E-state index in [1.54, 1.807) is 7.11 Å². The highest BCUT2D eigenvalue weighted by molar-refractivity contribution is 7.71. The van der Waals surface area contributed by atoms with Gasteiger partial charge < -0.3 is 14.3 Å². The molecule has 2 aromatic rings. The zero-order valence-electron chi connectivity index (χ0n) is 10.3. The Balaban J connectivity index is 2.56. The monoisotopic (exact) mass is 248 g/mol. The summed E-state index contributed by atoms with van der Waals surface area (Å²) in [4.78, 5) is 3.20. The molecular weight excluding hydrogens is 232 g/mol. The van der Waals surface area contributed by atoms with E-state index in [9.17, 15) is 0 Å². The topological polar surface area (TPSA) is 29.9 Å². The van der Waals surface area contributed by atoms with Crippen molar-refractivity contribution in [2.24, 2.45) is 0 Å². The summed E-state index contributed by atoms with van der Waals surface area (Å²) < 4.78 is 8.05. The van der Waals surface area contributed by atoms with E-state index < -0.39 is 0 Å². The van der Waals surface area contributed by atoms with Gasteiger partial charge in [-0.15, -0.1) is 0 Å². The number of benzene rings is 1. The first kappa shape index (κ1) is 11.9. The summed E-state index contributed by atoms with van der Waals surface area (Å²) in [7, 11) is 1.67. The minimum absolute atomic E-state index is 0.741. The molecule has 0 saturated heterocycles. The maximum atomic E-state index is 5.32. The van der Waals surface area contributed by atoms with Crippen LogP contribution >= 0.6 is 12.2 Å². The van der Waals surface area contributed by atoms with Crippen molar-refractivity contribution in [1.29, 1.82) is 0 Å². The quantitative estimate of drug-likeness (QED) is 0.663. The summed E-state index contributed by atoms with van der Waals surface area (Å²) in [6, 6.07) is 5.92. The second kappa shape index (κ2) is 4.75. The fourth-order valence-corrected chi connectivity index (χ4v) is 2.00. The first-order chi connectivity index (χ1) is 8.11. The highest BCUT2D eigenvalue weighted by Gasteiger charge is 2.04. The largest absolute Gasteiger partial charge is 0.497 e. The zero-order chi connectivity index (χ0) is 12.4. The summed E-state index contributed by atoms with van der Waals surface area (Å²) in [5.74, 6) is 0.845. The number of aromatic amines is 1. The lowest BCUT2D eigenvalue weighted by atomic mass is 10.3. The van der Waals surface area contributed by atoms with Crippen LogP contribution in [0, 0.1) is 4.77 Å². The van der Waals surface area contributed by atoms with E-state index in [1.807, 2.05) is 18.2 Å². The number of hydrogen-bond acceptors (Lipinski definition) is 2. The highest BCUT2D eigenvalue weighted by atomic mass is 32.1. The van der Waals surface area contributed by atoms with Gasteiger partial charge in [-0.25, -0.2) is 0 Å². The Morgan fingerprint density at radius 3 is 2.88 bits per heavy atom. The number of H-pyrrole nitrogens is 1. The maximum absolute atomic E-state index is 5.32. The molecule has 0 aliphatic carbocycles. The molecule has 1 heterocycles. The molecule has 0 fully saturated rings. The van der Waals surface area contributed by atoms with E-state index >= 15 is 0 Å². The summed E-state index contributed by atoms with van der Waals surface area (Å²) in [6.07, 6.45) is 2.16. The normalized spacial score (nSPS) is 10.5. The highest BCUT2D eigenvalue weighted by Crippen LogP contribution is 2.20. The van der Waals surface area contributed by atoms with Gasteiger partial charge in [-0.2, -0.15) is 0 Å². The maximum Gasteiger partial charge on any atom is 0.178 e. The molecule has 90 valence electrons. The van der Waals surface area contributed by atoms with Crippen molar-refractivity contribution in [3.05, 3.63) is 34.6 Å². The third kappa shape index (κ3) is 2.42. The second-order valence-electron chi connectivity index (χ2n) is 4.21. The van der Waals surface area contributed by atoms with Crippen LogP contribution in [0.5, 0.6) is 5.75 Å². The second-order valence-corrected chi connectivity index (χ2v) is 4.59. The Labute approximate surface area is 106 Å². The van der Waals surface area contributed by atoms with Crippen LogP contribution in [0.2, 0.25) is 0 Å². The third-order valence-electron chi connectivity index (χ3n) is 2.66. The Morgan fingerprint density at radius 2 is 2.24 bits per heavy atom. The fourth-order valence-electron chi connectivity index (χ4n) is 1.71. The predicted molar refractivity (Wildman–Crippen MR) is 73.1 cm³/mol.